The zero-order valence-electron chi connectivity index (χ0n) is 11.9. The minimum Gasteiger partial charge on any atom is -0.466 e. The van der Waals surface area contributed by atoms with Gasteiger partial charge in [-0.05, 0) is 5.56 Å². The zero-order valence-corrected chi connectivity index (χ0v) is 13.5. The molecule has 5 heteroatoms. The summed E-state index contributed by atoms with van der Waals surface area (Å²) < 4.78 is 10.1. The third-order valence-corrected chi connectivity index (χ3v) is 3.95. The molecule has 0 aliphatic carbocycles. The van der Waals surface area contributed by atoms with E-state index in [2.05, 4.69) is 15.9 Å². The van der Waals surface area contributed by atoms with Crippen molar-refractivity contribution in [1.82, 2.24) is 0 Å². The normalized spacial score (nSPS) is 13.0. The molecular formula is C17H15BrO4. The molecule has 0 heterocycles. The number of hydrogen-bond donors (Lipinski definition) is 0. The van der Waals surface area contributed by atoms with E-state index >= 15 is 0 Å². The highest BCUT2D eigenvalue weighted by Crippen LogP contribution is 2.28. The Balaban J connectivity index is 2.17. The van der Waals surface area contributed by atoms with Crippen LogP contribution < -0.4 is 0 Å². The molecule has 114 valence electrons. The van der Waals surface area contributed by atoms with E-state index in [0.29, 0.717) is 5.56 Å². The van der Waals surface area contributed by atoms with Gasteiger partial charge in [0.1, 0.15) is 4.83 Å². The second kappa shape index (κ2) is 7.75. The number of benzene rings is 2. The average molecular weight is 363 g/mol. The molecule has 0 fully saturated rings. The number of methoxy groups -OCH3 is 1. The molecule has 0 aliphatic rings. The van der Waals surface area contributed by atoms with E-state index in [0.717, 1.165) is 5.56 Å². The SMILES string of the molecule is COC(=O)[C@@H](OC(=O)C(Br)c1ccccc1)c1ccccc1. The number of carbonyl (C=O) groups excluding carboxylic acids is 2. The second-order valence-electron chi connectivity index (χ2n) is 4.52. The summed E-state index contributed by atoms with van der Waals surface area (Å²) in [6.45, 7) is 0. The Kier molecular flexibility index (Phi) is 5.72. The Hall–Kier alpha value is -2.14. The minimum atomic E-state index is -1.08. The van der Waals surface area contributed by atoms with Crippen LogP contribution >= 0.6 is 15.9 Å². The van der Waals surface area contributed by atoms with Crippen molar-refractivity contribution in [1.29, 1.82) is 0 Å². The average Bonchev–Trinajstić information content (AvgIpc) is 2.59. The van der Waals surface area contributed by atoms with Gasteiger partial charge in [0.05, 0.1) is 7.11 Å². The molecule has 0 saturated heterocycles. The Morgan fingerprint density at radius 1 is 0.864 bits per heavy atom. The molecule has 0 aromatic heterocycles. The molecule has 0 bridgehead atoms. The first-order valence-corrected chi connectivity index (χ1v) is 7.57. The lowest BCUT2D eigenvalue weighted by Crippen LogP contribution is -2.23. The molecule has 4 nitrogen and oxygen atoms in total. The molecule has 22 heavy (non-hydrogen) atoms. The van der Waals surface area contributed by atoms with Crippen molar-refractivity contribution in [3.8, 4) is 0 Å². The molecule has 1 unspecified atom stereocenters. The largest absolute Gasteiger partial charge is 0.466 e. The van der Waals surface area contributed by atoms with Gasteiger partial charge in [-0.3, -0.25) is 4.79 Å². The molecule has 0 amide bonds. The van der Waals surface area contributed by atoms with Crippen LogP contribution in [-0.2, 0) is 19.1 Å². The Labute approximate surface area is 137 Å². The van der Waals surface area contributed by atoms with Crippen LogP contribution in [0, 0.1) is 0 Å². The van der Waals surface area contributed by atoms with Crippen LogP contribution in [0.5, 0.6) is 0 Å². The van der Waals surface area contributed by atoms with E-state index < -0.39 is 22.9 Å². The zero-order chi connectivity index (χ0) is 15.9. The molecule has 2 rings (SSSR count). The van der Waals surface area contributed by atoms with Gasteiger partial charge in [0, 0.05) is 5.56 Å². The topological polar surface area (TPSA) is 52.6 Å². The van der Waals surface area contributed by atoms with Crippen molar-refractivity contribution < 1.29 is 19.1 Å². The first kappa shape index (κ1) is 16.2. The minimum absolute atomic E-state index is 0.551. The molecule has 0 radical (unpaired) electrons. The lowest BCUT2D eigenvalue weighted by atomic mass is 10.1. The summed E-state index contributed by atoms with van der Waals surface area (Å²) in [4.78, 5) is 23.5. The van der Waals surface area contributed by atoms with E-state index in [1.807, 2.05) is 24.3 Å². The van der Waals surface area contributed by atoms with Gasteiger partial charge in [-0.15, -0.1) is 0 Å². The summed E-state index contributed by atoms with van der Waals surface area (Å²) in [5.41, 5.74) is 1.32. The molecular weight excluding hydrogens is 348 g/mol. The molecule has 0 aliphatic heterocycles. The monoisotopic (exact) mass is 362 g/mol. The molecule has 0 N–H and O–H groups in total. The predicted octanol–water partition coefficient (Wildman–Crippen LogP) is 3.58. The predicted molar refractivity (Wildman–Crippen MR) is 85.4 cm³/mol. The standard InChI is InChI=1S/C17H15BrO4/c1-21-17(20)15(13-10-6-3-7-11-13)22-16(19)14(18)12-8-4-2-5-9-12/h2-11,14-15H,1H3/t14?,15-/m0/s1. The number of rotatable bonds is 5. The summed E-state index contributed by atoms with van der Waals surface area (Å²) in [6, 6.07) is 17.9. The van der Waals surface area contributed by atoms with Crippen LogP contribution in [0.1, 0.15) is 22.1 Å². The fourth-order valence-corrected chi connectivity index (χ4v) is 2.33. The van der Waals surface area contributed by atoms with E-state index in [1.54, 1.807) is 36.4 Å². The maximum Gasteiger partial charge on any atom is 0.351 e. The van der Waals surface area contributed by atoms with Gasteiger partial charge < -0.3 is 9.47 Å². The second-order valence-corrected chi connectivity index (χ2v) is 5.44. The van der Waals surface area contributed by atoms with E-state index in [1.165, 1.54) is 7.11 Å². The Morgan fingerprint density at radius 2 is 1.36 bits per heavy atom. The lowest BCUT2D eigenvalue weighted by Gasteiger charge is -2.18. The van der Waals surface area contributed by atoms with Crippen molar-refractivity contribution in [2.45, 2.75) is 10.9 Å². The summed E-state index contributed by atoms with van der Waals surface area (Å²) in [5, 5.41) is 0. The van der Waals surface area contributed by atoms with Gasteiger partial charge in [-0.2, -0.15) is 0 Å². The van der Waals surface area contributed by atoms with E-state index in [-0.39, 0.29) is 0 Å². The van der Waals surface area contributed by atoms with Crippen LogP contribution in [0.3, 0.4) is 0 Å². The van der Waals surface area contributed by atoms with Crippen molar-refractivity contribution in [2.24, 2.45) is 0 Å². The van der Waals surface area contributed by atoms with Crippen molar-refractivity contribution in [3.05, 3.63) is 71.8 Å². The van der Waals surface area contributed by atoms with Gasteiger partial charge in [0.2, 0.25) is 6.10 Å². The van der Waals surface area contributed by atoms with Crippen molar-refractivity contribution in [2.75, 3.05) is 7.11 Å². The van der Waals surface area contributed by atoms with E-state index in [9.17, 15) is 9.59 Å². The number of hydrogen-bond acceptors (Lipinski definition) is 4. The number of ether oxygens (including phenoxy) is 2. The van der Waals surface area contributed by atoms with Gasteiger partial charge >= 0.3 is 11.9 Å². The van der Waals surface area contributed by atoms with Gasteiger partial charge in [0.25, 0.3) is 0 Å². The molecule has 0 saturated carbocycles. The highest BCUT2D eigenvalue weighted by atomic mass is 79.9. The number of halogens is 1. The maximum absolute atomic E-state index is 12.3. The first-order valence-electron chi connectivity index (χ1n) is 6.65. The van der Waals surface area contributed by atoms with Crippen LogP contribution in [0.4, 0.5) is 0 Å². The summed E-state index contributed by atoms with van der Waals surface area (Å²) >= 11 is 3.30. The van der Waals surface area contributed by atoms with Crippen LogP contribution in [0.2, 0.25) is 0 Å². The molecule has 2 aromatic rings. The van der Waals surface area contributed by atoms with Crippen LogP contribution in [0.15, 0.2) is 60.7 Å². The third-order valence-electron chi connectivity index (χ3n) is 3.05. The number of esters is 2. The van der Waals surface area contributed by atoms with Crippen molar-refractivity contribution in [3.63, 3.8) is 0 Å². The highest BCUT2D eigenvalue weighted by molar-refractivity contribution is 9.09. The fraction of sp³-hybridized carbons (Fsp3) is 0.176. The quantitative estimate of drug-likeness (QED) is 0.602. The van der Waals surface area contributed by atoms with Gasteiger partial charge in [-0.25, -0.2) is 4.79 Å². The maximum atomic E-state index is 12.3. The third kappa shape index (κ3) is 3.95. The number of carbonyl (C=O) groups is 2. The summed E-state index contributed by atoms with van der Waals surface area (Å²) in [7, 11) is 1.26. The van der Waals surface area contributed by atoms with Gasteiger partial charge in [-0.1, -0.05) is 76.6 Å². The summed E-state index contributed by atoms with van der Waals surface area (Å²) in [5.74, 6) is -1.17. The smallest absolute Gasteiger partial charge is 0.351 e. The highest BCUT2D eigenvalue weighted by Gasteiger charge is 2.29. The Bertz CT molecular complexity index is 628. The molecule has 2 atom stereocenters. The molecule has 2 aromatic carbocycles. The van der Waals surface area contributed by atoms with Crippen molar-refractivity contribution >= 4 is 27.9 Å². The lowest BCUT2D eigenvalue weighted by molar-refractivity contribution is -0.166. The van der Waals surface area contributed by atoms with E-state index in [4.69, 9.17) is 9.47 Å². The number of alkyl halides is 1. The molecule has 0 spiro atoms. The van der Waals surface area contributed by atoms with Crippen LogP contribution in [-0.4, -0.2) is 19.0 Å². The fourth-order valence-electron chi connectivity index (χ4n) is 1.92. The first-order chi connectivity index (χ1) is 10.6. The Morgan fingerprint density at radius 3 is 1.86 bits per heavy atom. The van der Waals surface area contributed by atoms with Crippen LogP contribution in [0.25, 0.3) is 0 Å². The summed E-state index contributed by atoms with van der Waals surface area (Å²) in [6.07, 6.45) is -1.08. The van der Waals surface area contributed by atoms with Gasteiger partial charge in [0.15, 0.2) is 0 Å².